The van der Waals surface area contributed by atoms with Crippen LogP contribution in [0.5, 0.6) is 5.75 Å². The predicted molar refractivity (Wildman–Crippen MR) is 212 cm³/mol. The van der Waals surface area contributed by atoms with Crippen molar-refractivity contribution in [3.63, 3.8) is 0 Å². The molecule has 4 nitrogen and oxygen atoms in total. The van der Waals surface area contributed by atoms with Crippen molar-refractivity contribution in [1.82, 2.24) is 4.98 Å². The van der Waals surface area contributed by atoms with Gasteiger partial charge in [-0.25, -0.2) is 4.98 Å². The van der Waals surface area contributed by atoms with Crippen molar-refractivity contribution in [1.29, 1.82) is 0 Å². The van der Waals surface area contributed by atoms with Crippen LogP contribution < -0.4 is 0 Å². The number of aromatic hydroxyl groups is 1. The zero-order chi connectivity index (χ0) is 36.2. The Balaban J connectivity index is 1.55. The second kappa shape index (κ2) is 12.9. The van der Waals surface area contributed by atoms with E-state index < -0.39 is 0 Å². The third kappa shape index (κ3) is 7.12. The van der Waals surface area contributed by atoms with Crippen molar-refractivity contribution in [3.8, 4) is 28.3 Å². The highest BCUT2D eigenvalue weighted by atomic mass is 16.3. The molecule has 0 bridgehead atoms. The van der Waals surface area contributed by atoms with Gasteiger partial charge in [0.1, 0.15) is 11.3 Å². The Morgan fingerprint density at radius 1 is 0.740 bits per heavy atom. The summed E-state index contributed by atoms with van der Waals surface area (Å²) in [5.41, 5.74) is 10.2. The second-order valence-corrected chi connectivity index (χ2v) is 17.3. The van der Waals surface area contributed by atoms with Crippen LogP contribution in [0.3, 0.4) is 0 Å². The lowest BCUT2D eigenvalue weighted by molar-refractivity contribution is 0.444. The van der Waals surface area contributed by atoms with Gasteiger partial charge in [0.2, 0.25) is 5.89 Å². The van der Waals surface area contributed by atoms with E-state index in [9.17, 15) is 5.11 Å². The summed E-state index contributed by atoms with van der Waals surface area (Å²) in [6.45, 7) is 24.2. The number of phenolic OH excluding ortho intramolecular Hbond substituents is 1. The molecular formula is C46H52N2O2. The molecule has 50 heavy (non-hydrogen) atoms. The van der Waals surface area contributed by atoms with Crippen LogP contribution in [0.4, 0.5) is 5.69 Å². The fourth-order valence-electron chi connectivity index (χ4n) is 6.55. The average Bonchev–Trinajstić information content (AvgIpc) is 3.46. The number of oxazole rings is 1. The third-order valence-corrected chi connectivity index (χ3v) is 9.55. The molecule has 0 saturated heterocycles. The smallest absolute Gasteiger partial charge is 0.229 e. The predicted octanol–water partition coefficient (Wildman–Crippen LogP) is 12.9. The Bertz CT molecular complexity index is 2210. The quantitative estimate of drug-likeness (QED) is 0.180. The van der Waals surface area contributed by atoms with E-state index in [1.807, 2.05) is 12.1 Å². The van der Waals surface area contributed by atoms with Crippen LogP contribution in [0.1, 0.15) is 104 Å². The first-order valence-corrected chi connectivity index (χ1v) is 17.9. The highest BCUT2D eigenvalue weighted by Crippen LogP contribution is 2.42. The third-order valence-electron chi connectivity index (χ3n) is 9.55. The fourth-order valence-corrected chi connectivity index (χ4v) is 6.55. The average molecular weight is 665 g/mol. The van der Waals surface area contributed by atoms with E-state index >= 15 is 0 Å². The first-order valence-electron chi connectivity index (χ1n) is 17.9. The van der Waals surface area contributed by atoms with Crippen molar-refractivity contribution < 1.29 is 9.52 Å². The van der Waals surface area contributed by atoms with Gasteiger partial charge < -0.3 is 9.52 Å². The van der Waals surface area contributed by atoms with Gasteiger partial charge in [0.25, 0.3) is 0 Å². The lowest BCUT2D eigenvalue weighted by Gasteiger charge is -2.27. The van der Waals surface area contributed by atoms with Gasteiger partial charge in [-0.15, -0.1) is 0 Å². The minimum Gasteiger partial charge on any atom is -0.507 e. The first kappa shape index (κ1) is 35.1. The summed E-state index contributed by atoms with van der Waals surface area (Å²) < 4.78 is 6.69. The second-order valence-electron chi connectivity index (χ2n) is 17.3. The van der Waals surface area contributed by atoms with Gasteiger partial charge in [-0.2, -0.15) is 0 Å². The van der Waals surface area contributed by atoms with Crippen molar-refractivity contribution >= 4 is 33.8 Å². The van der Waals surface area contributed by atoms with Gasteiger partial charge in [-0.1, -0.05) is 137 Å². The van der Waals surface area contributed by atoms with E-state index in [2.05, 4.69) is 149 Å². The largest absolute Gasteiger partial charge is 0.507 e. The van der Waals surface area contributed by atoms with E-state index in [1.54, 1.807) is 6.21 Å². The normalized spacial score (nSPS) is 13.0. The van der Waals surface area contributed by atoms with Crippen LogP contribution in [0.25, 0.3) is 44.5 Å². The lowest BCUT2D eigenvalue weighted by Crippen LogP contribution is -2.17. The Morgan fingerprint density at radius 3 is 2.04 bits per heavy atom. The lowest BCUT2D eigenvalue weighted by atomic mass is 9.79. The van der Waals surface area contributed by atoms with Crippen molar-refractivity contribution in [2.45, 2.75) is 98.8 Å². The van der Waals surface area contributed by atoms with E-state index in [0.29, 0.717) is 17.4 Å². The first-order chi connectivity index (χ1) is 23.4. The molecule has 0 saturated carbocycles. The van der Waals surface area contributed by atoms with Crippen molar-refractivity contribution in [2.24, 2.45) is 10.9 Å². The molecule has 1 aromatic heterocycles. The highest BCUT2D eigenvalue weighted by molar-refractivity contribution is 6.03. The summed E-state index contributed by atoms with van der Waals surface area (Å²) in [5, 5.41) is 13.6. The minimum absolute atomic E-state index is 0.0820. The van der Waals surface area contributed by atoms with E-state index in [0.717, 1.165) is 61.8 Å². The molecule has 258 valence electrons. The zero-order valence-corrected chi connectivity index (χ0v) is 31.7. The molecule has 0 aliphatic rings. The van der Waals surface area contributed by atoms with Gasteiger partial charge in [0.15, 0.2) is 5.58 Å². The number of benzene rings is 5. The summed E-state index contributed by atoms with van der Waals surface area (Å²) in [6.07, 6.45) is 2.85. The van der Waals surface area contributed by atoms with Crippen LogP contribution >= 0.6 is 0 Å². The SMILES string of the molecule is CC(C)Cc1ccc(-c2cc(C(C)(C)C)cc3oc(-c4ccc5ccccc5c4N=Cc4cc(C(C)(C)C)cc(C(C)(C)C)c4O)nc23)cc1. The summed E-state index contributed by atoms with van der Waals surface area (Å²) >= 11 is 0. The van der Waals surface area contributed by atoms with Gasteiger partial charge in [-0.05, 0) is 80.5 Å². The highest BCUT2D eigenvalue weighted by Gasteiger charge is 2.26. The van der Waals surface area contributed by atoms with Gasteiger partial charge in [0, 0.05) is 28.3 Å². The molecular weight excluding hydrogens is 613 g/mol. The van der Waals surface area contributed by atoms with Crippen LogP contribution in [-0.2, 0) is 22.7 Å². The Morgan fingerprint density at radius 2 is 1.40 bits per heavy atom. The molecule has 0 amide bonds. The van der Waals surface area contributed by atoms with Crippen molar-refractivity contribution in [2.75, 3.05) is 0 Å². The molecule has 4 heteroatoms. The number of rotatable bonds is 6. The number of phenols is 1. The molecule has 1 heterocycles. The molecule has 0 spiro atoms. The van der Waals surface area contributed by atoms with Gasteiger partial charge >= 0.3 is 0 Å². The molecule has 0 fully saturated rings. The standard InChI is InChI=1S/C46H52N2O2/c1-28(2)22-29-16-18-31(19-17-29)37-24-34(45(6,7)8)26-39-41(37)48-43(50-39)36-21-20-30-14-12-13-15-35(30)40(36)47-27-32-23-33(44(3,4)5)25-38(42(32)49)46(9,10)11/h12-21,23-28,49H,22H2,1-11H3. The summed E-state index contributed by atoms with van der Waals surface area (Å²) in [5.74, 6) is 1.38. The zero-order valence-electron chi connectivity index (χ0n) is 31.7. The number of fused-ring (bicyclic) bond motifs is 2. The molecule has 0 unspecified atom stereocenters. The summed E-state index contributed by atoms with van der Waals surface area (Å²) in [6, 6.07) is 29.9. The minimum atomic E-state index is -0.241. The molecule has 0 aliphatic carbocycles. The Kier molecular flexibility index (Phi) is 9.05. The van der Waals surface area contributed by atoms with Crippen molar-refractivity contribution in [3.05, 3.63) is 113 Å². The maximum absolute atomic E-state index is 11.6. The van der Waals surface area contributed by atoms with E-state index in [-0.39, 0.29) is 22.0 Å². The topological polar surface area (TPSA) is 58.6 Å². The van der Waals surface area contributed by atoms with E-state index in [1.165, 1.54) is 11.1 Å². The number of hydrogen-bond acceptors (Lipinski definition) is 4. The number of aromatic nitrogens is 1. The van der Waals surface area contributed by atoms with Crippen LogP contribution in [0.15, 0.2) is 94.3 Å². The van der Waals surface area contributed by atoms with Gasteiger partial charge in [0.05, 0.1) is 11.3 Å². The number of hydrogen-bond donors (Lipinski definition) is 1. The summed E-state index contributed by atoms with van der Waals surface area (Å²) in [4.78, 5) is 10.3. The molecule has 0 radical (unpaired) electrons. The fraction of sp³-hybridized carbons (Fsp3) is 0.348. The summed E-state index contributed by atoms with van der Waals surface area (Å²) in [7, 11) is 0. The Labute approximate surface area is 298 Å². The van der Waals surface area contributed by atoms with Crippen LogP contribution in [0, 0.1) is 5.92 Å². The van der Waals surface area contributed by atoms with E-state index in [4.69, 9.17) is 14.4 Å². The maximum atomic E-state index is 11.6. The number of aliphatic imine (C=N–C) groups is 1. The Hall–Kier alpha value is -4.70. The molecule has 6 rings (SSSR count). The molecule has 0 aliphatic heterocycles. The maximum Gasteiger partial charge on any atom is 0.229 e. The number of nitrogens with zero attached hydrogens (tertiary/aromatic N) is 2. The molecule has 1 N–H and O–H groups in total. The molecule has 5 aromatic carbocycles. The molecule has 0 atom stereocenters. The van der Waals surface area contributed by atoms with Crippen LogP contribution in [-0.4, -0.2) is 16.3 Å². The monoisotopic (exact) mass is 664 g/mol. The van der Waals surface area contributed by atoms with Crippen LogP contribution in [0.2, 0.25) is 0 Å². The molecule has 6 aromatic rings. The van der Waals surface area contributed by atoms with Gasteiger partial charge in [-0.3, -0.25) is 4.99 Å².